The molecule has 3 rings (SSSR count). The number of pyridine rings is 1. The molecule has 3 heteroatoms. The average Bonchev–Trinajstić information content (AvgIpc) is 2.46. The summed E-state index contributed by atoms with van der Waals surface area (Å²) in [5, 5.41) is 10.9. The van der Waals surface area contributed by atoms with Gasteiger partial charge in [0.15, 0.2) is 0 Å². The summed E-state index contributed by atoms with van der Waals surface area (Å²) in [5.41, 5.74) is 2.22. The van der Waals surface area contributed by atoms with Crippen LogP contribution in [0.2, 0.25) is 0 Å². The number of hydrogen-bond donors (Lipinski definition) is 1. The molecule has 1 heterocycles. The summed E-state index contributed by atoms with van der Waals surface area (Å²) in [4.78, 5) is 5.34. The van der Waals surface area contributed by atoms with Gasteiger partial charge in [-0.1, -0.05) is 36.4 Å². The second-order valence-corrected chi connectivity index (χ2v) is 5.27. The van der Waals surface area contributed by atoms with Gasteiger partial charge in [0, 0.05) is 22.2 Å². The first-order valence-electron chi connectivity index (χ1n) is 6.08. The highest BCUT2D eigenvalue weighted by atomic mass is 32.2. The van der Waals surface area contributed by atoms with E-state index in [1.165, 1.54) is 5.56 Å². The smallest absolute Gasteiger partial charge is 0.129 e. The minimum atomic E-state index is 0.334. The Balaban J connectivity index is 1.88. The molecule has 94 valence electrons. The monoisotopic (exact) mass is 267 g/mol. The molecule has 0 amide bonds. The number of rotatable bonds is 3. The summed E-state index contributed by atoms with van der Waals surface area (Å²) in [6.07, 6.45) is 1.82. The Morgan fingerprint density at radius 1 is 0.947 bits per heavy atom. The molecule has 0 aliphatic rings. The lowest BCUT2D eigenvalue weighted by Gasteiger charge is -2.06. The molecule has 0 aliphatic heterocycles. The van der Waals surface area contributed by atoms with Crippen LogP contribution in [0, 0.1) is 0 Å². The molecule has 0 unspecified atom stereocenters. The molecule has 0 saturated carbocycles. The highest BCUT2D eigenvalue weighted by molar-refractivity contribution is 7.98. The summed E-state index contributed by atoms with van der Waals surface area (Å²) >= 11 is 1.62. The van der Waals surface area contributed by atoms with Gasteiger partial charge in [0.25, 0.3) is 0 Å². The number of para-hydroxylation sites is 2. The Morgan fingerprint density at radius 3 is 2.68 bits per heavy atom. The minimum Gasteiger partial charge on any atom is -0.507 e. The molecule has 0 fully saturated rings. The zero-order chi connectivity index (χ0) is 13.1. The van der Waals surface area contributed by atoms with Gasteiger partial charge in [-0.15, -0.1) is 11.8 Å². The normalized spacial score (nSPS) is 10.7. The van der Waals surface area contributed by atoms with Crippen LogP contribution < -0.4 is 0 Å². The number of fused-ring (bicyclic) bond motifs is 1. The quantitative estimate of drug-likeness (QED) is 0.721. The van der Waals surface area contributed by atoms with Crippen LogP contribution in [0.25, 0.3) is 10.9 Å². The van der Waals surface area contributed by atoms with Crippen LogP contribution in [0.1, 0.15) is 5.56 Å². The second-order valence-electron chi connectivity index (χ2n) is 4.25. The maximum absolute atomic E-state index is 9.77. The van der Waals surface area contributed by atoms with Gasteiger partial charge in [-0.05, 0) is 23.8 Å². The van der Waals surface area contributed by atoms with E-state index in [1.807, 2.05) is 36.5 Å². The van der Waals surface area contributed by atoms with Crippen molar-refractivity contribution >= 4 is 22.7 Å². The van der Waals surface area contributed by atoms with E-state index in [0.717, 1.165) is 21.6 Å². The fourth-order valence-corrected chi connectivity index (χ4v) is 2.95. The topological polar surface area (TPSA) is 33.1 Å². The molecule has 3 aromatic rings. The second kappa shape index (κ2) is 5.33. The maximum atomic E-state index is 9.77. The first-order valence-corrected chi connectivity index (χ1v) is 7.06. The average molecular weight is 267 g/mol. The molecule has 19 heavy (non-hydrogen) atoms. The minimum absolute atomic E-state index is 0.334. The standard InChI is InChI=1S/C16H13NOS/c18-14-8-1-2-9-15(14)19-11-13-6-3-5-12-7-4-10-17-16(12)13/h1-10,18H,11H2. The van der Waals surface area contributed by atoms with Crippen molar-refractivity contribution in [1.82, 2.24) is 4.98 Å². The van der Waals surface area contributed by atoms with Crippen molar-refractivity contribution in [3.8, 4) is 5.75 Å². The van der Waals surface area contributed by atoms with Gasteiger partial charge in [0.1, 0.15) is 5.75 Å². The summed E-state index contributed by atoms with van der Waals surface area (Å²) in [7, 11) is 0. The summed E-state index contributed by atoms with van der Waals surface area (Å²) in [5.74, 6) is 1.13. The molecule has 2 aromatic carbocycles. The Bertz CT molecular complexity index is 706. The van der Waals surface area contributed by atoms with Crippen LogP contribution >= 0.6 is 11.8 Å². The highest BCUT2D eigenvalue weighted by Gasteiger charge is 2.04. The SMILES string of the molecule is Oc1ccccc1SCc1cccc2cccnc12. The van der Waals surface area contributed by atoms with Gasteiger partial charge in [0.2, 0.25) is 0 Å². The summed E-state index contributed by atoms with van der Waals surface area (Å²) in [6.45, 7) is 0. The predicted molar refractivity (Wildman–Crippen MR) is 79.4 cm³/mol. The first kappa shape index (κ1) is 12.1. The van der Waals surface area contributed by atoms with E-state index in [2.05, 4.69) is 23.2 Å². The number of thioether (sulfide) groups is 1. The number of hydrogen-bond acceptors (Lipinski definition) is 3. The van der Waals surface area contributed by atoms with E-state index in [0.29, 0.717) is 5.75 Å². The van der Waals surface area contributed by atoms with Gasteiger partial charge in [-0.25, -0.2) is 0 Å². The van der Waals surface area contributed by atoms with Crippen LogP contribution in [-0.4, -0.2) is 10.1 Å². The van der Waals surface area contributed by atoms with E-state index in [-0.39, 0.29) is 0 Å². The predicted octanol–water partition coefficient (Wildman–Crippen LogP) is 4.23. The van der Waals surface area contributed by atoms with Crippen LogP contribution in [-0.2, 0) is 5.75 Å². The van der Waals surface area contributed by atoms with Crippen LogP contribution in [0.5, 0.6) is 5.75 Å². The van der Waals surface area contributed by atoms with Crippen LogP contribution in [0.15, 0.2) is 65.7 Å². The fraction of sp³-hybridized carbons (Fsp3) is 0.0625. The van der Waals surface area contributed by atoms with Gasteiger partial charge in [-0.2, -0.15) is 0 Å². The fourth-order valence-electron chi connectivity index (χ4n) is 2.02. The number of phenolic OH excluding ortho intramolecular Hbond substituents is 1. The largest absolute Gasteiger partial charge is 0.507 e. The Kier molecular flexibility index (Phi) is 3.38. The molecule has 0 saturated heterocycles. The molecule has 1 aromatic heterocycles. The van der Waals surface area contributed by atoms with Gasteiger partial charge < -0.3 is 5.11 Å². The van der Waals surface area contributed by atoms with Crippen molar-refractivity contribution in [1.29, 1.82) is 0 Å². The van der Waals surface area contributed by atoms with Crippen molar-refractivity contribution in [2.24, 2.45) is 0 Å². The van der Waals surface area contributed by atoms with Crippen LogP contribution in [0.3, 0.4) is 0 Å². The molecule has 0 radical (unpaired) electrons. The van der Waals surface area contributed by atoms with E-state index in [1.54, 1.807) is 17.8 Å². The van der Waals surface area contributed by atoms with E-state index >= 15 is 0 Å². The number of aromatic hydroxyl groups is 1. The van der Waals surface area contributed by atoms with E-state index in [9.17, 15) is 5.11 Å². The number of phenols is 1. The van der Waals surface area contributed by atoms with Crippen molar-refractivity contribution in [2.75, 3.05) is 0 Å². The maximum Gasteiger partial charge on any atom is 0.129 e. The molecular formula is C16H13NOS. The lowest BCUT2D eigenvalue weighted by atomic mass is 10.1. The Morgan fingerprint density at radius 2 is 1.79 bits per heavy atom. The van der Waals surface area contributed by atoms with Gasteiger partial charge >= 0.3 is 0 Å². The first-order chi connectivity index (χ1) is 9.34. The zero-order valence-electron chi connectivity index (χ0n) is 10.3. The molecule has 2 nitrogen and oxygen atoms in total. The number of benzene rings is 2. The molecule has 0 atom stereocenters. The van der Waals surface area contributed by atoms with Crippen LogP contribution in [0.4, 0.5) is 0 Å². The zero-order valence-corrected chi connectivity index (χ0v) is 11.1. The van der Waals surface area contributed by atoms with E-state index < -0.39 is 0 Å². The molecular weight excluding hydrogens is 254 g/mol. The lowest BCUT2D eigenvalue weighted by Crippen LogP contribution is -1.87. The van der Waals surface area contributed by atoms with Crippen molar-refractivity contribution in [3.63, 3.8) is 0 Å². The third-order valence-electron chi connectivity index (χ3n) is 2.96. The number of nitrogens with zero attached hydrogens (tertiary/aromatic N) is 1. The third-order valence-corrected chi connectivity index (χ3v) is 4.08. The molecule has 0 spiro atoms. The van der Waals surface area contributed by atoms with Gasteiger partial charge in [-0.3, -0.25) is 4.98 Å². The Hall–Kier alpha value is -2.00. The summed E-state index contributed by atoms with van der Waals surface area (Å²) < 4.78 is 0. The van der Waals surface area contributed by atoms with Crippen molar-refractivity contribution in [3.05, 3.63) is 66.4 Å². The number of aromatic nitrogens is 1. The highest BCUT2D eigenvalue weighted by Crippen LogP contribution is 2.31. The lowest BCUT2D eigenvalue weighted by molar-refractivity contribution is 0.462. The molecule has 0 aliphatic carbocycles. The van der Waals surface area contributed by atoms with Crippen molar-refractivity contribution < 1.29 is 5.11 Å². The molecule has 1 N–H and O–H groups in total. The van der Waals surface area contributed by atoms with Gasteiger partial charge in [0.05, 0.1) is 5.52 Å². The third kappa shape index (κ3) is 2.56. The summed E-state index contributed by atoms with van der Waals surface area (Å²) in [6, 6.07) is 17.6. The molecule has 0 bridgehead atoms. The van der Waals surface area contributed by atoms with E-state index in [4.69, 9.17) is 0 Å². The Labute approximate surface area is 116 Å². The van der Waals surface area contributed by atoms with Crippen molar-refractivity contribution in [2.45, 2.75) is 10.6 Å².